The molecule has 0 saturated heterocycles. The van der Waals surface area contributed by atoms with Crippen LogP contribution in [0.3, 0.4) is 0 Å². The fraction of sp³-hybridized carbons (Fsp3) is 0.308. The van der Waals surface area contributed by atoms with Gasteiger partial charge < -0.3 is 9.30 Å². The molecule has 0 aliphatic heterocycles. The molecule has 1 aromatic carbocycles. The van der Waals surface area contributed by atoms with E-state index < -0.39 is 0 Å². The maximum absolute atomic E-state index is 5.33. The first-order chi connectivity index (χ1) is 8.22. The van der Waals surface area contributed by atoms with Crippen molar-refractivity contribution in [3.63, 3.8) is 0 Å². The Morgan fingerprint density at radius 1 is 1.29 bits per heavy atom. The minimum absolute atomic E-state index is 0.905. The first-order valence-corrected chi connectivity index (χ1v) is 6.29. The summed E-state index contributed by atoms with van der Waals surface area (Å²) in [5.74, 6) is 0.944. The predicted octanol–water partition coefficient (Wildman–Crippen LogP) is 2.98. The Kier molecular flexibility index (Phi) is 3.84. The molecule has 2 rings (SSSR count). The number of hydrogen-bond donors (Lipinski definition) is 0. The molecule has 0 atom stereocenters. The molecule has 2 aromatic rings. The van der Waals surface area contributed by atoms with E-state index in [1.165, 1.54) is 5.56 Å². The van der Waals surface area contributed by atoms with Crippen molar-refractivity contribution in [1.29, 1.82) is 0 Å². The van der Waals surface area contributed by atoms with Crippen molar-refractivity contribution >= 4 is 15.9 Å². The second-order valence-corrected chi connectivity index (χ2v) is 4.66. The Morgan fingerprint density at radius 3 is 2.71 bits per heavy atom. The van der Waals surface area contributed by atoms with Crippen LogP contribution < -0.4 is 4.74 Å². The summed E-state index contributed by atoms with van der Waals surface area (Å²) in [6.07, 6.45) is 3.66. The number of benzene rings is 1. The highest BCUT2D eigenvalue weighted by molar-refractivity contribution is 9.10. The SMILES string of the molecule is COc1ccccc1CCc1ncn(C)c1Br. The number of imidazole rings is 1. The minimum Gasteiger partial charge on any atom is -0.496 e. The normalized spacial score (nSPS) is 10.5. The maximum atomic E-state index is 5.33. The third kappa shape index (κ3) is 2.69. The molecule has 0 radical (unpaired) electrons. The van der Waals surface area contributed by atoms with Crippen LogP contribution in [0.4, 0.5) is 0 Å². The first-order valence-electron chi connectivity index (χ1n) is 5.50. The van der Waals surface area contributed by atoms with Gasteiger partial charge in [-0.25, -0.2) is 4.98 Å². The third-order valence-electron chi connectivity index (χ3n) is 2.76. The number of para-hydroxylation sites is 1. The summed E-state index contributed by atoms with van der Waals surface area (Å²) >= 11 is 3.53. The molecule has 0 bridgehead atoms. The van der Waals surface area contributed by atoms with Crippen molar-refractivity contribution in [2.75, 3.05) is 7.11 Å². The van der Waals surface area contributed by atoms with E-state index in [4.69, 9.17) is 4.74 Å². The van der Waals surface area contributed by atoms with E-state index in [1.54, 1.807) is 7.11 Å². The molecule has 17 heavy (non-hydrogen) atoms. The first kappa shape index (κ1) is 12.2. The van der Waals surface area contributed by atoms with E-state index in [0.29, 0.717) is 0 Å². The lowest BCUT2D eigenvalue weighted by molar-refractivity contribution is 0.409. The Balaban J connectivity index is 2.10. The van der Waals surface area contributed by atoms with Gasteiger partial charge >= 0.3 is 0 Å². The van der Waals surface area contributed by atoms with Gasteiger partial charge in [-0.05, 0) is 40.4 Å². The van der Waals surface area contributed by atoms with Crippen LogP contribution in [0.15, 0.2) is 35.2 Å². The second-order valence-electron chi connectivity index (χ2n) is 3.90. The van der Waals surface area contributed by atoms with E-state index in [9.17, 15) is 0 Å². The molecular formula is C13H15BrN2O. The second kappa shape index (κ2) is 5.36. The highest BCUT2D eigenvalue weighted by Gasteiger charge is 2.07. The van der Waals surface area contributed by atoms with Gasteiger partial charge in [-0.1, -0.05) is 18.2 Å². The molecule has 1 heterocycles. The Hall–Kier alpha value is -1.29. The number of aromatic nitrogens is 2. The van der Waals surface area contributed by atoms with Crippen LogP contribution in [0.25, 0.3) is 0 Å². The highest BCUT2D eigenvalue weighted by atomic mass is 79.9. The fourth-order valence-corrected chi connectivity index (χ4v) is 2.19. The van der Waals surface area contributed by atoms with Crippen LogP contribution in [0.1, 0.15) is 11.3 Å². The Bertz CT molecular complexity index is 508. The maximum Gasteiger partial charge on any atom is 0.122 e. The number of halogens is 1. The number of rotatable bonds is 4. The quantitative estimate of drug-likeness (QED) is 0.867. The average molecular weight is 295 g/mol. The predicted molar refractivity (Wildman–Crippen MR) is 71.3 cm³/mol. The lowest BCUT2D eigenvalue weighted by Gasteiger charge is -2.07. The zero-order chi connectivity index (χ0) is 12.3. The van der Waals surface area contributed by atoms with E-state index in [0.717, 1.165) is 28.9 Å². The summed E-state index contributed by atoms with van der Waals surface area (Å²) in [4.78, 5) is 4.36. The van der Waals surface area contributed by atoms with Crippen LogP contribution in [0.2, 0.25) is 0 Å². The van der Waals surface area contributed by atoms with E-state index in [2.05, 4.69) is 27.0 Å². The zero-order valence-electron chi connectivity index (χ0n) is 9.98. The summed E-state index contributed by atoms with van der Waals surface area (Å²) in [5.41, 5.74) is 2.30. The molecule has 3 nitrogen and oxygen atoms in total. The molecular weight excluding hydrogens is 280 g/mol. The van der Waals surface area contributed by atoms with Gasteiger partial charge in [0.25, 0.3) is 0 Å². The summed E-state index contributed by atoms with van der Waals surface area (Å²) in [6.45, 7) is 0. The summed E-state index contributed by atoms with van der Waals surface area (Å²) in [6, 6.07) is 8.10. The van der Waals surface area contributed by atoms with Crippen molar-refractivity contribution in [2.45, 2.75) is 12.8 Å². The third-order valence-corrected chi connectivity index (χ3v) is 3.78. The molecule has 0 spiro atoms. The van der Waals surface area contributed by atoms with Crippen molar-refractivity contribution in [3.8, 4) is 5.75 Å². The topological polar surface area (TPSA) is 27.1 Å². The van der Waals surface area contributed by atoms with E-state index in [-0.39, 0.29) is 0 Å². The van der Waals surface area contributed by atoms with Gasteiger partial charge in [0.05, 0.1) is 19.1 Å². The zero-order valence-corrected chi connectivity index (χ0v) is 11.6. The number of aryl methyl sites for hydroxylation is 3. The van der Waals surface area contributed by atoms with Crippen molar-refractivity contribution < 1.29 is 4.74 Å². The molecule has 0 saturated carbocycles. The molecule has 0 unspecified atom stereocenters. The minimum atomic E-state index is 0.905. The smallest absolute Gasteiger partial charge is 0.122 e. The van der Waals surface area contributed by atoms with E-state index in [1.807, 2.05) is 36.1 Å². The summed E-state index contributed by atoms with van der Waals surface area (Å²) in [5, 5.41) is 0. The Morgan fingerprint density at radius 2 is 2.06 bits per heavy atom. The van der Waals surface area contributed by atoms with Crippen molar-refractivity contribution in [3.05, 3.63) is 46.5 Å². The molecule has 0 fully saturated rings. The molecule has 0 aliphatic carbocycles. The highest BCUT2D eigenvalue weighted by Crippen LogP contribution is 2.21. The van der Waals surface area contributed by atoms with Crippen LogP contribution in [0, 0.1) is 0 Å². The largest absolute Gasteiger partial charge is 0.496 e. The van der Waals surface area contributed by atoms with Gasteiger partial charge in [-0.15, -0.1) is 0 Å². The number of ether oxygens (including phenoxy) is 1. The summed E-state index contributed by atoms with van der Waals surface area (Å²) in [7, 11) is 3.68. The number of methoxy groups -OCH3 is 1. The van der Waals surface area contributed by atoms with Gasteiger partial charge in [-0.2, -0.15) is 0 Å². The number of nitrogens with zero attached hydrogens (tertiary/aromatic N) is 2. The monoisotopic (exact) mass is 294 g/mol. The lowest BCUT2D eigenvalue weighted by atomic mass is 10.1. The van der Waals surface area contributed by atoms with Crippen LogP contribution in [-0.4, -0.2) is 16.7 Å². The van der Waals surface area contributed by atoms with Gasteiger partial charge in [0, 0.05) is 7.05 Å². The van der Waals surface area contributed by atoms with Crippen LogP contribution >= 0.6 is 15.9 Å². The van der Waals surface area contributed by atoms with Gasteiger partial charge in [-0.3, -0.25) is 0 Å². The van der Waals surface area contributed by atoms with Crippen LogP contribution in [0.5, 0.6) is 5.75 Å². The molecule has 90 valence electrons. The van der Waals surface area contributed by atoms with Gasteiger partial charge in [0.2, 0.25) is 0 Å². The molecule has 0 aliphatic rings. The number of hydrogen-bond acceptors (Lipinski definition) is 2. The standard InChI is InChI=1S/C13H15BrN2O/c1-16-9-15-11(13(16)14)8-7-10-5-3-4-6-12(10)17-2/h3-6,9H,7-8H2,1-2H3. The van der Waals surface area contributed by atoms with Crippen molar-refractivity contribution in [2.24, 2.45) is 7.05 Å². The van der Waals surface area contributed by atoms with Crippen molar-refractivity contribution in [1.82, 2.24) is 9.55 Å². The fourth-order valence-electron chi connectivity index (χ4n) is 1.79. The molecule has 1 aromatic heterocycles. The van der Waals surface area contributed by atoms with Gasteiger partial charge in [0.15, 0.2) is 0 Å². The van der Waals surface area contributed by atoms with E-state index >= 15 is 0 Å². The van der Waals surface area contributed by atoms with Gasteiger partial charge in [0.1, 0.15) is 10.4 Å². The molecule has 0 N–H and O–H groups in total. The Labute approximate surface area is 110 Å². The van der Waals surface area contributed by atoms with Crippen LogP contribution in [-0.2, 0) is 19.9 Å². The molecule has 4 heteroatoms. The average Bonchev–Trinajstić information content (AvgIpc) is 2.68. The summed E-state index contributed by atoms with van der Waals surface area (Å²) < 4.78 is 8.35. The molecule has 0 amide bonds. The lowest BCUT2D eigenvalue weighted by Crippen LogP contribution is -1.96.